The average Bonchev–Trinajstić information content (AvgIpc) is 3.56. The highest BCUT2D eigenvalue weighted by molar-refractivity contribution is 5.90. The lowest BCUT2D eigenvalue weighted by Crippen LogP contribution is -2.54. The summed E-state index contributed by atoms with van der Waals surface area (Å²) in [6, 6.07) is 27.7. The summed E-state index contributed by atoms with van der Waals surface area (Å²) in [5, 5.41) is 5.86. The van der Waals surface area contributed by atoms with Crippen LogP contribution in [-0.2, 0) is 32.8 Å². The molecule has 9 nitrogen and oxygen atoms in total. The summed E-state index contributed by atoms with van der Waals surface area (Å²) in [5.74, 6) is -0.661. The molecule has 1 aliphatic carbocycles. The lowest BCUT2D eigenvalue weighted by molar-refractivity contribution is -0.140. The van der Waals surface area contributed by atoms with Gasteiger partial charge in [-0.05, 0) is 36.5 Å². The molecule has 228 valence electrons. The van der Waals surface area contributed by atoms with Crippen LogP contribution in [0.15, 0.2) is 104 Å². The van der Waals surface area contributed by atoms with Crippen molar-refractivity contribution in [3.63, 3.8) is 0 Å². The average molecular weight is 594 g/mol. The van der Waals surface area contributed by atoms with Gasteiger partial charge in [-0.3, -0.25) is 9.59 Å². The second kappa shape index (κ2) is 14.5. The Labute approximate surface area is 258 Å². The zero-order chi connectivity index (χ0) is 30.8. The van der Waals surface area contributed by atoms with Gasteiger partial charge in [0, 0.05) is 24.6 Å². The van der Waals surface area contributed by atoms with Crippen molar-refractivity contribution in [3.8, 4) is 0 Å². The molecule has 0 saturated heterocycles. The normalized spacial score (nSPS) is 14.8. The number of hydrogen-bond acceptors (Lipinski definition) is 5. The zero-order valence-corrected chi connectivity index (χ0v) is 24.9. The lowest BCUT2D eigenvalue weighted by Gasteiger charge is -2.43. The monoisotopic (exact) mass is 593 g/mol. The van der Waals surface area contributed by atoms with Gasteiger partial charge in [0.15, 0.2) is 0 Å². The molecule has 1 heterocycles. The third kappa shape index (κ3) is 7.72. The van der Waals surface area contributed by atoms with Crippen LogP contribution >= 0.6 is 0 Å². The minimum atomic E-state index is -1.01. The molecule has 0 spiro atoms. The van der Waals surface area contributed by atoms with Gasteiger partial charge in [0.2, 0.25) is 11.8 Å². The Hall–Kier alpha value is -4.92. The number of rotatable bonds is 13. The molecule has 9 heteroatoms. The molecule has 3 N–H and O–H groups in total. The van der Waals surface area contributed by atoms with Crippen LogP contribution in [-0.4, -0.2) is 51.9 Å². The summed E-state index contributed by atoms with van der Waals surface area (Å²) in [6.45, 7) is 2.28. The van der Waals surface area contributed by atoms with Crippen LogP contribution in [0.25, 0.3) is 0 Å². The number of nitrogens with one attached hydrogen (secondary N) is 3. The Morgan fingerprint density at radius 3 is 2.23 bits per heavy atom. The number of nitrogens with zero attached hydrogens (tertiary/aromatic N) is 2. The van der Waals surface area contributed by atoms with Crippen LogP contribution in [0.5, 0.6) is 0 Å². The Morgan fingerprint density at radius 2 is 1.61 bits per heavy atom. The molecule has 1 aromatic heterocycles. The van der Waals surface area contributed by atoms with Gasteiger partial charge in [-0.15, -0.1) is 0 Å². The molecule has 0 bridgehead atoms. The topological polar surface area (TPSA) is 116 Å². The number of aromatic amines is 1. The minimum Gasteiger partial charge on any atom is -0.445 e. The Balaban J connectivity index is 1.33. The van der Waals surface area contributed by atoms with Crippen LogP contribution in [0.4, 0.5) is 4.79 Å². The van der Waals surface area contributed by atoms with Crippen LogP contribution in [0.2, 0.25) is 0 Å². The molecule has 1 fully saturated rings. The number of H-pyrrole nitrogens is 1. The maximum atomic E-state index is 14.3. The van der Waals surface area contributed by atoms with E-state index in [0.29, 0.717) is 12.2 Å². The number of aromatic nitrogens is 2. The van der Waals surface area contributed by atoms with Crippen LogP contribution < -0.4 is 10.6 Å². The molecule has 1 saturated carbocycles. The molecule has 0 radical (unpaired) electrons. The second-order valence-electron chi connectivity index (χ2n) is 11.4. The van der Waals surface area contributed by atoms with Gasteiger partial charge < -0.3 is 25.3 Å². The molecule has 44 heavy (non-hydrogen) atoms. The van der Waals surface area contributed by atoms with Crippen LogP contribution in [0.1, 0.15) is 54.6 Å². The fourth-order valence-electron chi connectivity index (χ4n) is 5.68. The first-order chi connectivity index (χ1) is 21.4. The van der Waals surface area contributed by atoms with Gasteiger partial charge in [-0.25, -0.2) is 9.78 Å². The van der Waals surface area contributed by atoms with Gasteiger partial charge in [0.05, 0.1) is 18.1 Å². The predicted octanol–water partition coefficient (Wildman–Crippen LogP) is 5.08. The van der Waals surface area contributed by atoms with Crippen molar-refractivity contribution < 1.29 is 19.1 Å². The number of imidazole rings is 1. The standard InChI is InChI=1S/C35H39N5O4/c1-26(28-14-7-3-8-15-28)40(22-32(41)37-24-35(18-11-19-35)29-16-9-4-10-17-29)33(42)31(20-30-21-36-25-38-30)39-34(43)44-23-27-12-5-2-6-13-27/h2-10,12-17,21,25-26,31H,11,18-20,22-24H2,1H3,(H,36,38)(H,37,41)(H,39,43)/t26-,31+/m1/s1. The van der Waals surface area contributed by atoms with Gasteiger partial charge in [0.25, 0.3) is 0 Å². The van der Waals surface area contributed by atoms with E-state index in [2.05, 4.69) is 32.7 Å². The van der Waals surface area contributed by atoms with Gasteiger partial charge in [-0.1, -0.05) is 97.4 Å². The molecule has 3 aromatic carbocycles. The van der Waals surface area contributed by atoms with Crippen molar-refractivity contribution in [1.29, 1.82) is 0 Å². The first-order valence-corrected chi connectivity index (χ1v) is 15.1. The number of hydrogen-bond donors (Lipinski definition) is 3. The highest BCUT2D eigenvalue weighted by Gasteiger charge is 2.39. The van der Waals surface area contributed by atoms with E-state index < -0.39 is 24.1 Å². The smallest absolute Gasteiger partial charge is 0.408 e. The van der Waals surface area contributed by atoms with Crippen LogP contribution in [0.3, 0.4) is 0 Å². The number of amides is 3. The third-order valence-corrected chi connectivity index (χ3v) is 8.44. The molecule has 5 rings (SSSR count). The summed E-state index contributed by atoms with van der Waals surface area (Å²) < 4.78 is 5.44. The highest BCUT2D eigenvalue weighted by atomic mass is 16.5. The molecule has 3 amide bonds. The van der Waals surface area contributed by atoms with E-state index in [1.807, 2.05) is 85.8 Å². The summed E-state index contributed by atoms with van der Waals surface area (Å²) >= 11 is 0. The van der Waals surface area contributed by atoms with E-state index in [-0.39, 0.29) is 30.9 Å². The van der Waals surface area contributed by atoms with E-state index in [1.165, 1.54) is 16.8 Å². The number of carbonyl (C=O) groups is 3. The predicted molar refractivity (Wildman–Crippen MR) is 167 cm³/mol. The largest absolute Gasteiger partial charge is 0.445 e. The lowest BCUT2D eigenvalue weighted by atomic mass is 9.64. The summed E-state index contributed by atoms with van der Waals surface area (Å²) in [7, 11) is 0. The van der Waals surface area contributed by atoms with Crippen molar-refractivity contribution in [3.05, 3.63) is 126 Å². The molecular weight excluding hydrogens is 554 g/mol. The number of carbonyl (C=O) groups excluding carboxylic acids is 3. The van der Waals surface area contributed by atoms with Crippen LogP contribution in [0, 0.1) is 0 Å². The van der Waals surface area contributed by atoms with Crippen molar-refractivity contribution in [2.75, 3.05) is 13.1 Å². The summed E-state index contributed by atoms with van der Waals surface area (Å²) in [5.41, 5.74) is 3.42. The molecule has 1 aliphatic rings. The van der Waals surface area contributed by atoms with E-state index in [0.717, 1.165) is 30.4 Å². The van der Waals surface area contributed by atoms with Crippen molar-refractivity contribution >= 4 is 17.9 Å². The Bertz CT molecular complexity index is 1490. The first kappa shape index (κ1) is 30.5. The molecule has 0 aliphatic heterocycles. The Kier molecular flexibility index (Phi) is 10.1. The van der Waals surface area contributed by atoms with Gasteiger partial charge in [0.1, 0.15) is 19.2 Å². The molecule has 4 aromatic rings. The maximum absolute atomic E-state index is 14.3. The molecule has 0 unspecified atom stereocenters. The minimum absolute atomic E-state index is 0.0612. The Morgan fingerprint density at radius 1 is 0.955 bits per heavy atom. The van der Waals surface area contributed by atoms with Gasteiger partial charge >= 0.3 is 6.09 Å². The fraction of sp³-hybridized carbons (Fsp3) is 0.314. The van der Waals surface area contributed by atoms with Crippen molar-refractivity contribution in [1.82, 2.24) is 25.5 Å². The quantitative estimate of drug-likeness (QED) is 0.200. The van der Waals surface area contributed by atoms with E-state index in [9.17, 15) is 14.4 Å². The summed E-state index contributed by atoms with van der Waals surface area (Å²) in [4.78, 5) is 49.4. The number of benzene rings is 3. The fourth-order valence-corrected chi connectivity index (χ4v) is 5.68. The van der Waals surface area contributed by atoms with E-state index >= 15 is 0 Å². The maximum Gasteiger partial charge on any atom is 0.408 e. The third-order valence-electron chi connectivity index (χ3n) is 8.44. The summed E-state index contributed by atoms with van der Waals surface area (Å²) in [6.07, 6.45) is 5.71. The van der Waals surface area contributed by atoms with Crippen molar-refractivity contribution in [2.45, 2.75) is 56.7 Å². The number of alkyl carbamates (subject to hydrolysis) is 1. The SMILES string of the molecule is C[C@H](c1ccccc1)N(CC(=O)NCC1(c2ccccc2)CCC1)C(=O)[C@H](Cc1c[nH]cn1)NC(=O)OCc1ccccc1. The van der Waals surface area contributed by atoms with Gasteiger partial charge in [-0.2, -0.15) is 0 Å². The highest BCUT2D eigenvalue weighted by Crippen LogP contribution is 2.43. The van der Waals surface area contributed by atoms with E-state index in [4.69, 9.17) is 4.74 Å². The van der Waals surface area contributed by atoms with E-state index in [1.54, 1.807) is 6.20 Å². The first-order valence-electron chi connectivity index (χ1n) is 15.1. The second-order valence-corrected chi connectivity index (χ2v) is 11.4. The van der Waals surface area contributed by atoms with Crippen molar-refractivity contribution in [2.24, 2.45) is 0 Å². The zero-order valence-electron chi connectivity index (χ0n) is 24.9. The molecule has 2 atom stereocenters. The number of ether oxygens (including phenoxy) is 1. The molecular formula is C35H39N5O4.